The Bertz CT molecular complexity index is 833. The van der Waals surface area contributed by atoms with E-state index in [-0.39, 0.29) is 42.6 Å². The number of amides is 3. The Morgan fingerprint density at radius 3 is 2.36 bits per heavy atom. The number of nitrogens with one attached hydrogen (secondary N) is 1. The van der Waals surface area contributed by atoms with Crippen molar-refractivity contribution in [1.82, 2.24) is 4.90 Å². The van der Waals surface area contributed by atoms with Gasteiger partial charge in [0, 0.05) is 23.4 Å². The van der Waals surface area contributed by atoms with Gasteiger partial charge in [-0.05, 0) is 35.9 Å². The van der Waals surface area contributed by atoms with Crippen LogP contribution in [0.1, 0.15) is 28.8 Å². The second-order valence-corrected chi connectivity index (χ2v) is 6.12. The summed E-state index contributed by atoms with van der Waals surface area (Å²) in [5, 5.41) is 12.7. The van der Waals surface area contributed by atoms with Gasteiger partial charge in [-0.2, -0.15) is 0 Å². The van der Waals surface area contributed by atoms with Gasteiger partial charge >= 0.3 is 0 Å². The van der Waals surface area contributed by atoms with E-state index in [4.69, 9.17) is 11.6 Å². The molecule has 1 saturated heterocycles. The highest BCUT2D eigenvalue weighted by Gasteiger charge is 2.28. The number of nitrogens with zero attached hydrogens (tertiary/aromatic N) is 1. The van der Waals surface area contributed by atoms with Gasteiger partial charge in [0.1, 0.15) is 5.75 Å². The molecule has 1 fully saturated rings. The zero-order valence-corrected chi connectivity index (χ0v) is 13.9. The van der Waals surface area contributed by atoms with Gasteiger partial charge in [-0.1, -0.05) is 23.7 Å². The molecule has 0 aliphatic carbocycles. The number of phenols is 1. The fourth-order valence-corrected chi connectivity index (χ4v) is 2.72. The van der Waals surface area contributed by atoms with Crippen LogP contribution in [0.15, 0.2) is 42.5 Å². The third-order valence-electron chi connectivity index (χ3n) is 3.92. The average Bonchev–Trinajstić information content (AvgIpc) is 2.91. The summed E-state index contributed by atoms with van der Waals surface area (Å²) >= 11 is 5.85. The van der Waals surface area contributed by atoms with Crippen LogP contribution in [0, 0.1) is 0 Å². The summed E-state index contributed by atoms with van der Waals surface area (Å²) in [7, 11) is 0. The Morgan fingerprint density at radius 2 is 1.72 bits per heavy atom. The predicted octanol–water partition coefficient (Wildman–Crippen LogP) is 2.95. The van der Waals surface area contributed by atoms with Crippen molar-refractivity contribution in [1.29, 1.82) is 0 Å². The zero-order chi connectivity index (χ0) is 18.0. The molecule has 0 bridgehead atoms. The van der Waals surface area contributed by atoms with E-state index < -0.39 is 5.91 Å². The first-order valence-corrected chi connectivity index (χ1v) is 8.04. The number of aromatic hydroxyl groups is 1. The summed E-state index contributed by atoms with van der Waals surface area (Å²) in [4.78, 5) is 36.7. The van der Waals surface area contributed by atoms with E-state index in [2.05, 4.69) is 5.32 Å². The third-order valence-corrected chi connectivity index (χ3v) is 4.15. The Balaban J connectivity index is 1.69. The van der Waals surface area contributed by atoms with Crippen LogP contribution in [0.2, 0.25) is 5.02 Å². The topological polar surface area (TPSA) is 86.7 Å². The average molecular weight is 359 g/mol. The number of carbonyl (C=O) groups is 3. The molecule has 2 N–H and O–H groups in total. The van der Waals surface area contributed by atoms with Crippen molar-refractivity contribution in [2.45, 2.75) is 19.4 Å². The fraction of sp³-hybridized carbons (Fsp3) is 0.167. The van der Waals surface area contributed by atoms with Crippen molar-refractivity contribution in [2.24, 2.45) is 0 Å². The highest BCUT2D eigenvalue weighted by atomic mass is 35.5. The number of hydrogen-bond acceptors (Lipinski definition) is 4. The number of rotatable bonds is 4. The lowest BCUT2D eigenvalue weighted by atomic mass is 10.1. The number of imide groups is 1. The van der Waals surface area contributed by atoms with Gasteiger partial charge in [0.15, 0.2) is 0 Å². The van der Waals surface area contributed by atoms with E-state index in [1.165, 1.54) is 23.1 Å². The Labute approximate surface area is 149 Å². The maximum absolute atomic E-state index is 12.3. The molecule has 0 spiro atoms. The molecule has 25 heavy (non-hydrogen) atoms. The van der Waals surface area contributed by atoms with Crippen molar-refractivity contribution in [2.75, 3.05) is 5.32 Å². The summed E-state index contributed by atoms with van der Waals surface area (Å²) in [5.41, 5.74) is 1.35. The standard InChI is InChI=1S/C18H15ClN2O4/c19-13-5-6-15(22)14(9-13)20-18(25)12-3-1-11(2-4-12)10-21-16(23)7-8-17(21)24/h1-6,9,22H,7-8,10H2,(H,20,25). The lowest BCUT2D eigenvalue weighted by Crippen LogP contribution is -2.28. The number of phenolic OH excluding ortho intramolecular Hbond substituents is 1. The normalized spacial score (nSPS) is 14.0. The number of likely N-dealkylation sites (tertiary alicyclic amines) is 1. The molecule has 3 rings (SSSR count). The number of benzene rings is 2. The van der Waals surface area contributed by atoms with Crippen molar-refractivity contribution in [3.05, 3.63) is 58.6 Å². The quantitative estimate of drug-likeness (QED) is 0.650. The molecule has 2 aromatic carbocycles. The molecule has 0 radical (unpaired) electrons. The molecule has 3 amide bonds. The molecule has 0 saturated carbocycles. The highest BCUT2D eigenvalue weighted by Crippen LogP contribution is 2.27. The largest absolute Gasteiger partial charge is 0.506 e. The van der Waals surface area contributed by atoms with Crippen LogP contribution in [0.3, 0.4) is 0 Å². The van der Waals surface area contributed by atoms with Gasteiger partial charge in [-0.15, -0.1) is 0 Å². The van der Waals surface area contributed by atoms with Gasteiger partial charge in [-0.3, -0.25) is 19.3 Å². The number of anilines is 1. The van der Waals surface area contributed by atoms with Gasteiger partial charge in [0.2, 0.25) is 11.8 Å². The van der Waals surface area contributed by atoms with E-state index >= 15 is 0 Å². The summed E-state index contributed by atoms with van der Waals surface area (Å²) in [6.45, 7) is 0.203. The van der Waals surface area contributed by atoms with Crippen LogP contribution in [0.4, 0.5) is 5.69 Å². The SMILES string of the molecule is O=C(Nc1cc(Cl)ccc1O)c1ccc(CN2C(=O)CCC2=O)cc1. The first-order valence-electron chi connectivity index (χ1n) is 7.66. The third kappa shape index (κ3) is 3.80. The molecule has 0 unspecified atom stereocenters. The van der Waals surface area contributed by atoms with Gasteiger partial charge in [0.25, 0.3) is 5.91 Å². The monoisotopic (exact) mass is 358 g/mol. The Kier molecular flexibility index (Phi) is 4.72. The maximum atomic E-state index is 12.3. The smallest absolute Gasteiger partial charge is 0.255 e. The second kappa shape index (κ2) is 6.94. The number of carbonyl (C=O) groups excluding carboxylic acids is 3. The summed E-state index contributed by atoms with van der Waals surface area (Å²) < 4.78 is 0. The van der Waals surface area contributed by atoms with Crippen LogP contribution < -0.4 is 5.32 Å². The zero-order valence-electron chi connectivity index (χ0n) is 13.2. The molecule has 6 nitrogen and oxygen atoms in total. The molecular formula is C18H15ClN2O4. The molecule has 0 aromatic heterocycles. The minimum atomic E-state index is -0.405. The van der Waals surface area contributed by atoms with E-state index in [0.29, 0.717) is 10.6 Å². The molecule has 1 aliphatic heterocycles. The van der Waals surface area contributed by atoms with E-state index in [0.717, 1.165) is 5.56 Å². The number of halogens is 1. The van der Waals surface area contributed by atoms with Gasteiger partial charge in [-0.25, -0.2) is 0 Å². The summed E-state index contributed by atoms with van der Waals surface area (Å²) in [6.07, 6.45) is 0.505. The van der Waals surface area contributed by atoms with Gasteiger partial charge in [0.05, 0.1) is 12.2 Å². The molecule has 128 valence electrons. The van der Waals surface area contributed by atoms with Crippen LogP contribution in [-0.4, -0.2) is 27.7 Å². The minimum absolute atomic E-state index is 0.0829. The Hall–Kier alpha value is -2.86. The molecular weight excluding hydrogens is 344 g/mol. The van der Waals surface area contributed by atoms with E-state index in [9.17, 15) is 19.5 Å². The molecule has 2 aromatic rings. The van der Waals surface area contributed by atoms with Crippen LogP contribution >= 0.6 is 11.6 Å². The van der Waals surface area contributed by atoms with E-state index in [1.807, 2.05) is 0 Å². The van der Waals surface area contributed by atoms with Crippen LogP contribution in [0.5, 0.6) is 5.75 Å². The first kappa shape index (κ1) is 17.0. The summed E-state index contributed by atoms with van der Waals surface area (Å²) in [6, 6.07) is 10.9. The molecule has 7 heteroatoms. The lowest BCUT2D eigenvalue weighted by Gasteiger charge is -2.14. The van der Waals surface area contributed by atoms with Gasteiger partial charge < -0.3 is 10.4 Å². The Morgan fingerprint density at radius 1 is 1.08 bits per heavy atom. The maximum Gasteiger partial charge on any atom is 0.255 e. The van der Waals surface area contributed by atoms with Crippen molar-refractivity contribution >= 4 is 35.0 Å². The van der Waals surface area contributed by atoms with Crippen LogP contribution in [0.25, 0.3) is 0 Å². The molecule has 1 heterocycles. The number of hydrogen-bond donors (Lipinski definition) is 2. The summed E-state index contributed by atoms with van der Waals surface area (Å²) in [5.74, 6) is -0.843. The van der Waals surface area contributed by atoms with Crippen molar-refractivity contribution in [3.8, 4) is 5.75 Å². The highest BCUT2D eigenvalue weighted by molar-refractivity contribution is 6.31. The van der Waals surface area contributed by atoms with Crippen molar-refractivity contribution in [3.63, 3.8) is 0 Å². The molecule has 1 aliphatic rings. The minimum Gasteiger partial charge on any atom is -0.506 e. The molecule has 0 atom stereocenters. The van der Waals surface area contributed by atoms with Crippen molar-refractivity contribution < 1.29 is 19.5 Å². The lowest BCUT2D eigenvalue weighted by molar-refractivity contribution is -0.139. The second-order valence-electron chi connectivity index (χ2n) is 5.69. The first-order chi connectivity index (χ1) is 11.9. The fourth-order valence-electron chi connectivity index (χ4n) is 2.55. The van der Waals surface area contributed by atoms with E-state index in [1.54, 1.807) is 24.3 Å². The van der Waals surface area contributed by atoms with Crippen LogP contribution in [-0.2, 0) is 16.1 Å². The predicted molar refractivity (Wildman–Crippen MR) is 92.3 cm³/mol.